The van der Waals surface area contributed by atoms with Crippen LogP contribution in [0, 0.1) is 6.92 Å². The van der Waals surface area contributed by atoms with Crippen LogP contribution in [0.15, 0.2) is 23.2 Å². The number of aryl methyl sites for hydroxylation is 1. The van der Waals surface area contributed by atoms with Crippen molar-refractivity contribution >= 4 is 40.4 Å². The highest BCUT2D eigenvalue weighted by Crippen LogP contribution is 2.14. The van der Waals surface area contributed by atoms with Gasteiger partial charge >= 0.3 is 0 Å². The van der Waals surface area contributed by atoms with Crippen LogP contribution in [0.4, 0.5) is 0 Å². The third-order valence-electron chi connectivity index (χ3n) is 2.18. The number of benzene rings is 1. The molecule has 1 aromatic heterocycles. The van der Waals surface area contributed by atoms with Crippen LogP contribution in [-0.2, 0) is 6.67 Å². The average molecular weight is 257 g/mol. The van der Waals surface area contributed by atoms with Crippen molar-refractivity contribution in [2.45, 2.75) is 18.4 Å². The van der Waals surface area contributed by atoms with Gasteiger partial charge < -0.3 is 0 Å². The SMILES string of the molecule is Cc1cccc2c1nnn2CN=CC(Cl)Cl. The molecule has 0 fully saturated rings. The van der Waals surface area contributed by atoms with Crippen molar-refractivity contribution in [2.24, 2.45) is 4.99 Å². The summed E-state index contributed by atoms with van der Waals surface area (Å²) in [6.45, 7) is 2.37. The molecule has 6 heteroatoms. The van der Waals surface area contributed by atoms with Gasteiger partial charge in [0.25, 0.3) is 0 Å². The van der Waals surface area contributed by atoms with E-state index in [1.165, 1.54) is 6.21 Å². The number of halogens is 2. The molecule has 1 aromatic carbocycles. The number of hydrogen-bond donors (Lipinski definition) is 0. The second-order valence-electron chi connectivity index (χ2n) is 3.34. The molecule has 0 N–H and O–H groups in total. The van der Waals surface area contributed by atoms with E-state index in [0.29, 0.717) is 6.67 Å². The Kier molecular flexibility index (Phi) is 3.41. The maximum Gasteiger partial charge on any atom is 0.142 e. The minimum atomic E-state index is -0.587. The Morgan fingerprint density at radius 1 is 1.50 bits per heavy atom. The Morgan fingerprint density at radius 2 is 2.31 bits per heavy atom. The largest absolute Gasteiger partial charge is 0.271 e. The zero-order chi connectivity index (χ0) is 11.5. The molecular weight excluding hydrogens is 247 g/mol. The average Bonchev–Trinajstić information content (AvgIpc) is 2.63. The van der Waals surface area contributed by atoms with E-state index in [2.05, 4.69) is 15.3 Å². The van der Waals surface area contributed by atoms with E-state index in [-0.39, 0.29) is 0 Å². The molecule has 0 radical (unpaired) electrons. The van der Waals surface area contributed by atoms with Crippen molar-refractivity contribution in [2.75, 3.05) is 0 Å². The van der Waals surface area contributed by atoms with Crippen molar-refractivity contribution in [1.82, 2.24) is 15.0 Å². The number of alkyl halides is 2. The summed E-state index contributed by atoms with van der Waals surface area (Å²) >= 11 is 11.1. The third kappa shape index (κ3) is 2.33. The Bertz CT molecular complexity index is 519. The molecule has 0 saturated carbocycles. The first kappa shape index (κ1) is 11.4. The van der Waals surface area contributed by atoms with Crippen LogP contribution in [0.3, 0.4) is 0 Å². The highest BCUT2D eigenvalue weighted by atomic mass is 35.5. The number of aliphatic imine (C=N–C) groups is 1. The van der Waals surface area contributed by atoms with Crippen LogP contribution in [0.25, 0.3) is 11.0 Å². The molecule has 0 saturated heterocycles. The molecule has 1 heterocycles. The Balaban J connectivity index is 2.29. The molecule has 0 aliphatic heterocycles. The van der Waals surface area contributed by atoms with Crippen molar-refractivity contribution in [1.29, 1.82) is 0 Å². The topological polar surface area (TPSA) is 43.1 Å². The van der Waals surface area contributed by atoms with Crippen LogP contribution in [0.1, 0.15) is 5.56 Å². The lowest BCUT2D eigenvalue weighted by atomic mass is 10.2. The maximum absolute atomic E-state index is 5.53. The standard InChI is InChI=1S/C10H10Cl2N4/c1-7-3-2-4-8-10(7)14-15-16(8)6-13-5-9(11)12/h2-5,9H,6H2,1H3. The maximum atomic E-state index is 5.53. The van der Waals surface area contributed by atoms with Gasteiger partial charge in [-0.3, -0.25) is 4.99 Å². The van der Waals surface area contributed by atoms with Crippen LogP contribution >= 0.6 is 23.2 Å². The minimum absolute atomic E-state index is 0.371. The van der Waals surface area contributed by atoms with Crippen LogP contribution in [-0.4, -0.2) is 26.0 Å². The third-order valence-corrected chi connectivity index (χ3v) is 2.41. The molecule has 2 rings (SSSR count). The van der Waals surface area contributed by atoms with Gasteiger partial charge in [-0.05, 0) is 18.6 Å². The van der Waals surface area contributed by atoms with Crippen molar-refractivity contribution in [3.8, 4) is 0 Å². The summed E-state index contributed by atoms with van der Waals surface area (Å²) in [5, 5.41) is 8.11. The van der Waals surface area contributed by atoms with Crippen molar-refractivity contribution in [3.05, 3.63) is 23.8 Å². The summed E-state index contributed by atoms with van der Waals surface area (Å²) in [4.78, 5) is 3.48. The second-order valence-corrected chi connectivity index (χ2v) is 4.50. The van der Waals surface area contributed by atoms with Gasteiger partial charge in [0.05, 0.1) is 5.52 Å². The van der Waals surface area contributed by atoms with Crippen LogP contribution in [0.2, 0.25) is 0 Å². The van der Waals surface area contributed by atoms with Gasteiger partial charge in [0, 0.05) is 6.21 Å². The summed E-state index contributed by atoms with van der Waals surface area (Å²) in [6.07, 6.45) is 1.46. The van der Waals surface area contributed by atoms with Gasteiger partial charge in [-0.1, -0.05) is 40.5 Å². The fourth-order valence-electron chi connectivity index (χ4n) is 1.44. The lowest BCUT2D eigenvalue weighted by molar-refractivity contribution is 0.630. The van der Waals surface area contributed by atoms with Gasteiger partial charge in [-0.25, -0.2) is 4.68 Å². The first-order valence-electron chi connectivity index (χ1n) is 4.75. The van der Waals surface area contributed by atoms with E-state index in [1.54, 1.807) is 4.68 Å². The molecule has 0 unspecified atom stereocenters. The molecule has 0 atom stereocenters. The van der Waals surface area contributed by atoms with Gasteiger partial charge in [0.1, 0.15) is 17.0 Å². The summed E-state index contributed by atoms with van der Waals surface area (Å²) in [5.41, 5.74) is 2.95. The highest BCUT2D eigenvalue weighted by molar-refractivity contribution is 6.51. The van der Waals surface area contributed by atoms with Gasteiger partial charge in [-0.15, -0.1) is 5.10 Å². The zero-order valence-corrected chi connectivity index (χ0v) is 10.2. The quantitative estimate of drug-likeness (QED) is 0.626. The smallest absolute Gasteiger partial charge is 0.142 e. The first-order chi connectivity index (χ1) is 7.68. The number of hydrogen-bond acceptors (Lipinski definition) is 3. The minimum Gasteiger partial charge on any atom is -0.271 e. The summed E-state index contributed by atoms with van der Waals surface area (Å²) in [7, 11) is 0. The lowest BCUT2D eigenvalue weighted by Crippen LogP contribution is -1.99. The lowest BCUT2D eigenvalue weighted by Gasteiger charge is -1.98. The van der Waals surface area contributed by atoms with Crippen LogP contribution in [0.5, 0.6) is 0 Å². The number of rotatable bonds is 3. The molecule has 2 aromatic rings. The van der Waals surface area contributed by atoms with Crippen molar-refractivity contribution < 1.29 is 0 Å². The zero-order valence-electron chi connectivity index (χ0n) is 8.64. The second kappa shape index (κ2) is 4.80. The van der Waals surface area contributed by atoms with E-state index in [4.69, 9.17) is 23.2 Å². The molecule has 16 heavy (non-hydrogen) atoms. The van der Waals surface area contributed by atoms with E-state index in [9.17, 15) is 0 Å². The summed E-state index contributed by atoms with van der Waals surface area (Å²) in [5.74, 6) is 0. The predicted octanol–water partition coefficient (Wildman–Crippen LogP) is 2.57. The van der Waals surface area contributed by atoms with Gasteiger partial charge in [0.15, 0.2) is 0 Å². The summed E-state index contributed by atoms with van der Waals surface area (Å²) in [6, 6.07) is 5.92. The highest BCUT2D eigenvalue weighted by Gasteiger charge is 2.04. The first-order valence-corrected chi connectivity index (χ1v) is 5.62. The van der Waals surface area contributed by atoms with Crippen molar-refractivity contribution in [3.63, 3.8) is 0 Å². The molecule has 0 aliphatic carbocycles. The predicted molar refractivity (Wildman–Crippen MR) is 66.3 cm³/mol. The van der Waals surface area contributed by atoms with E-state index in [1.807, 2.05) is 25.1 Å². The molecular formula is C10H10Cl2N4. The Labute approximate surface area is 103 Å². The molecule has 0 amide bonds. The molecule has 84 valence electrons. The number of nitrogens with zero attached hydrogens (tertiary/aromatic N) is 4. The molecule has 0 spiro atoms. The summed E-state index contributed by atoms with van der Waals surface area (Å²) < 4.78 is 1.70. The molecule has 4 nitrogen and oxygen atoms in total. The fourth-order valence-corrected chi connectivity index (χ4v) is 1.60. The molecule has 0 aliphatic rings. The van der Waals surface area contributed by atoms with Gasteiger partial charge in [0.2, 0.25) is 0 Å². The fraction of sp³-hybridized carbons (Fsp3) is 0.300. The number of aromatic nitrogens is 3. The van der Waals surface area contributed by atoms with Gasteiger partial charge in [-0.2, -0.15) is 0 Å². The number of fused-ring (bicyclic) bond motifs is 1. The Hall–Kier alpha value is -1.13. The van der Waals surface area contributed by atoms with E-state index in [0.717, 1.165) is 16.6 Å². The molecule has 0 bridgehead atoms. The monoisotopic (exact) mass is 256 g/mol. The van der Waals surface area contributed by atoms with E-state index < -0.39 is 4.84 Å². The van der Waals surface area contributed by atoms with Crippen LogP contribution < -0.4 is 0 Å². The normalized spacial score (nSPS) is 12.0. The Morgan fingerprint density at radius 3 is 3.06 bits per heavy atom. The van der Waals surface area contributed by atoms with E-state index >= 15 is 0 Å².